The van der Waals surface area contributed by atoms with Crippen molar-refractivity contribution in [2.75, 3.05) is 40.4 Å². The molecule has 0 aliphatic carbocycles. The fourth-order valence-corrected chi connectivity index (χ4v) is 2.30. The molecule has 0 bridgehead atoms. The van der Waals surface area contributed by atoms with Crippen LogP contribution in [0.1, 0.15) is 31.4 Å². The van der Waals surface area contributed by atoms with E-state index in [2.05, 4.69) is 55.4 Å². The van der Waals surface area contributed by atoms with Gasteiger partial charge in [-0.2, -0.15) is 0 Å². The zero-order valence-electron chi connectivity index (χ0n) is 14.2. The molecule has 0 heterocycles. The summed E-state index contributed by atoms with van der Waals surface area (Å²) >= 11 is 0. The van der Waals surface area contributed by atoms with Gasteiger partial charge in [0.25, 0.3) is 0 Å². The van der Waals surface area contributed by atoms with E-state index in [1.165, 1.54) is 11.1 Å². The van der Waals surface area contributed by atoms with Gasteiger partial charge in [0.2, 0.25) is 0 Å². The molecule has 0 aliphatic rings. The minimum Gasteiger partial charge on any atom is -0.385 e. The number of benzene rings is 1. The topological polar surface area (TPSA) is 24.5 Å². The van der Waals surface area contributed by atoms with Crippen LogP contribution < -0.4 is 5.32 Å². The summed E-state index contributed by atoms with van der Waals surface area (Å²) in [5.41, 5.74) is 2.80. The fraction of sp³-hybridized carbons (Fsp3) is 0.667. The summed E-state index contributed by atoms with van der Waals surface area (Å²) < 4.78 is 5.09. The van der Waals surface area contributed by atoms with Gasteiger partial charge in [0.15, 0.2) is 0 Å². The molecule has 0 spiro atoms. The maximum Gasteiger partial charge on any atom is 0.0474 e. The van der Waals surface area contributed by atoms with Crippen molar-refractivity contribution in [2.24, 2.45) is 5.92 Å². The van der Waals surface area contributed by atoms with Crippen molar-refractivity contribution in [3.05, 3.63) is 35.4 Å². The number of hydrogen-bond acceptors (Lipinski definition) is 3. The summed E-state index contributed by atoms with van der Waals surface area (Å²) in [5.74, 6) is 0.723. The van der Waals surface area contributed by atoms with E-state index < -0.39 is 0 Å². The lowest BCUT2D eigenvalue weighted by Crippen LogP contribution is -2.22. The second-order valence-corrected chi connectivity index (χ2v) is 6.25. The predicted molar refractivity (Wildman–Crippen MR) is 90.7 cm³/mol. The van der Waals surface area contributed by atoms with E-state index in [1.54, 1.807) is 7.11 Å². The maximum absolute atomic E-state index is 5.09. The van der Waals surface area contributed by atoms with Crippen LogP contribution in [0.25, 0.3) is 0 Å². The number of nitrogens with zero attached hydrogens (tertiary/aromatic N) is 1. The van der Waals surface area contributed by atoms with Crippen LogP contribution in [0.15, 0.2) is 24.3 Å². The van der Waals surface area contributed by atoms with E-state index in [4.69, 9.17) is 4.74 Å². The Balaban J connectivity index is 2.26. The monoisotopic (exact) mass is 292 g/mol. The molecule has 0 saturated heterocycles. The van der Waals surface area contributed by atoms with Crippen molar-refractivity contribution in [2.45, 2.75) is 33.2 Å². The first-order chi connectivity index (χ1) is 10.1. The minimum atomic E-state index is 0.723. The molecule has 1 N–H and O–H groups in total. The van der Waals surface area contributed by atoms with E-state index in [-0.39, 0.29) is 0 Å². The molecule has 3 heteroatoms. The highest BCUT2D eigenvalue weighted by Gasteiger charge is 2.01. The number of hydrogen-bond donors (Lipinski definition) is 1. The Morgan fingerprint density at radius 2 is 1.81 bits per heavy atom. The van der Waals surface area contributed by atoms with Crippen LogP contribution in [-0.4, -0.2) is 45.3 Å². The third kappa shape index (κ3) is 8.86. The Bertz CT molecular complexity index is 362. The fourth-order valence-electron chi connectivity index (χ4n) is 2.30. The molecule has 0 aliphatic heterocycles. The summed E-state index contributed by atoms with van der Waals surface area (Å²) in [6.45, 7) is 9.58. The maximum atomic E-state index is 5.09. The van der Waals surface area contributed by atoms with Crippen LogP contribution in [0.5, 0.6) is 0 Å². The van der Waals surface area contributed by atoms with Gasteiger partial charge < -0.3 is 15.0 Å². The molecule has 21 heavy (non-hydrogen) atoms. The van der Waals surface area contributed by atoms with Gasteiger partial charge in [-0.3, -0.25) is 0 Å². The Morgan fingerprint density at radius 1 is 1.14 bits per heavy atom. The molecule has 0 fully saturated rings. The molecular weight excluding hydrogens is 260 g/mol. The van der Waals surface area contributed by atoms with E-state index >= 15 is 0 Å². The number of methoxy groups -OCH3 is 1. The molecule has 0 saturated carbocycles. The molecule has 1 aromatic carbocycles. The quantitative estimate of drug-likeness (QED) is 0.635. The lowest BCUT2D eigenvalue weighted by Gasteiger charge is -2.16. The molecule has 120 valence electrons. The first-order valence-corrected chi connectivity index (χ1v) is 8.08. The molecule has 3 nitrogen and oxygen atoms in total. The number of nitrogens with one attached hydrogen (secondary N) is 1. The highest BCUT2D eigenvalue weighted by atomic mass is 16.5. The third-order valence-corrected chi connectivity index (χ3v) is 3.51. The molecule has 0 aromatic heterocycles. The van der Waals surface area contributed by atoms with Gasteiger partial charge in [-0.15, -0.1) is 0 Å². The van der Waals surface area contributed by atoms with Crippen LogP contribution >= 0.6 is 0 Å². The summed E-state index contributed by atoms with van der Waals surface area (Å²) in [6.07, 6.45) is 2.20. The van der Waals surface area contributed by atoms with E-state index in [0.717, 1.165) is 51.5 Å². The third-order valence-electron chi connectivity index (χ3n) is 3.51. The summed E-state index contributed by atoms with van der Waals surface area (Å²) in [5, 5.41) is 3.49. The van der Waals surface area contributed by atoms with Crippen LogP contribution in [-0.2, 0) is 17.7 Å². The van der Waals surface area contributed by atoms with Gasteiger partial charge in [-0.05, 0) is 50.0 Å². The predicted octanol–water partition coefficient (Wildman–Crippen LogP) is 2.94. The van der Waals surface area contributed by atoms with Gasteiger partial charge >= 0.3 is 0 Å². The Kier molecular flexibility index (Phi) is 9.31. The summed E-state index contributed by atoms with van der Waals surface area (Å²) in [4.78, 5) is 2.35. The van der Waals surface area contributed by atoms with Crippen molar-refractivity contribution in [1.29, 1.82) is 0 Å². The standard InChI is InChI=1S/C18H32N2O/c1-16(2)14-19-11-10-17-6-8-18(9-7-17)15-20(3)12-5-13-21-4/h6-9,16,19H,5,10-15H2,1-4H3. The van der Waals surface area contributed by atoms with Crippen molar-refractivity contribution in [3.63, 3.8) is 0 Å². The normalized spacial score (nSPS) is 11.5. The Labute approximate surface area is 130 Å². The zero-order valence-corrected chi connectivity index (χ0v) is 14.2. The highest BCUT2D eigenvalue weighted by molar-refractivity contribution is 5.22. The van der Waals surface area contributed by atoms with Crippen molar-refractivity contribution < 1.29 is 4.74 Å². The number of ether oxygens (including phenoxy) is 1. The smallest absolute Gasteiger partial charge is 0.0474 e. The van der Waals surface area contributed by atoms with Gasteiger partial charge in [0, 0.05) is 26.8 Å². The van der Waals surface area contributed by atoms with Gasteiger partial charge in [0.1, 0.15) is 0 Å². The molecule has 0 radical (unpaired) electrons. The zero-order chi connectivity index (χ0) is 15.5. The Hall–Kier alpha value is -0.900. The average Bonchev–Trinajstić information content (AvgIpc) is 2.45. The molecule has 1 aromatic rings. The highest BCUT2D eigenvalue weighted by Crippen LogP contribution is 2.07. The SMILES string of the molecule is COCCCN(C)Cc1ccc(CCNCC(C)C)cc1. The van der Waals surface area contributed by atoms with Crippen LogP contribution in [0.4, 0.5) is 0 Å². The Morgan fingerprint density at radius 3 is 2.43 bits per heavy atom. The van der Waals surface area contributed by atoms with Gasteiger partial charge in [-0.25, -0.2) is 0 Å². The van der Waals surface area contributed by atoms with Crippen molar-refractivity contribution in [1.82, 2.24) is 10.2 Å². The molecule has 0 atom stereocenters. The lowest BCUT2D eigenvalue weighted by atomic mass is 10.1. The lowest BCUT2D eigenvalue weighted by molar-refractivity contribution is 0.178. The van der Waals surface area contributed by atoms with E-state index in [0.29, 0.717) is 0 Å². The summed E-state index contributed by atoms with van der Waals surface area (Å²) in [6, 6.07) is 9.03. The number of rotatable bonds is 11. The van der Waals surface area contributed by atoms with Crippen molar-refractivity contribution in [3.8, 4) is 0 Å². The molecule has 1 rings (SSSR count). The van der Waals surface area contributed by atoms with Gasteiger partial charge in [0.05, 0.1) is 0 Å². The second-order valence-electron chi connectivity index (χ2n) is 6.25. The first kappa shape index (κ1) is 18.1. The van der Waals surface area contributed by atoms with E-state index in [9.17, 15) is 0 Å². The van der Waals surface area contributed by atoms with E-state index in [1.807, 2.05) is 0 Å². The van der Waals surface area contributed by atoms with Crippen LogP contribution in [0.3, 0.4) is 0 Å². The largest absolute Gasteiger partial charge is 0.385 e. The molecule has 0 amide bonds. The second kappa shape index (κ2) is 10.8. The minimum absolute atomic E-state index is 0.723. The molecular formula is C18H32N2O. The average molecular weight is 292 g/mol. The van der Waals surface area contributed by atoms with Crippen molar-refractivity contribution >= 4 is 0 Å². The first-order valence-electron chi connectivity index (χ1n) is 8.08. The summed E-state index contributed by atoms with van der Waals surface area (Å²) in [7, 11) is 3.92. The molecule has 0 unspecified atom stereocenters. The van der Waals surface area contributed by atoms with Crippen LogP contribution in [0, 0.1) is 5.92 Å². The van der Waals surface area contributed by atoms with Crippen LogP contribution in [0.2, 0.25) is 0 Å². The van der Waals surface area contributed by atoms with Gasteiger partial charge in [-0.1, -0.05) is 38.1 Å².